The molecule has 4 heterocycles. The fourth-order valence-corrected chi connectivity index (χ4v) is 7.77. The number of carboxylic acid groups (broad SMARTS) is 1. The third-order valence-electron chi connectivity index (χ3n) is 10.6. The molecule has 2 saturated heterocycles. The van der Waals surface area contributed by atoms with Gasteiger partial charge in [0.15, 0.2) is 5.69 Å². The number of anilines is 1. The van der Waals surface area contributed by atoms with Gasteiger partial charge in [0.05, 0.1) is 29.3 Å². The lowest BCUT2D eigenvalue weighted by Gasteiger charge is -2.36. The second-order valence-corrected chi connectivity index (χ2v) is 13.9. The predicted octanol–water partition coefficient (Wildman–Crippen LogP) is 5.08. The van der Waals surface area contributed by atoms with E-state index in [1.54, 1.807) is 12.1 Å². The number of piperidine rings is 1. The van der Waals surface area contributed by atoms with E-state index in [4.69, 9.17) is 9.47 Å². The van der Waals surface area contributed by atoms with Crippen molar-refractivity contribution in [1.82, 2.24) is 25.0 Å². The topological polar surface area (TPSA) is 139 Å². The summed E-state index contributed by atoms with van der Waals surface area (Å²) in [7, 11) is 1.91. The molecule has 2 N–H and O–H groups in total. The molecule has 1 unspecified atom stereocenters. The highest BCUT2D eigenvalue weighted by Gasteiger charge is 2.32. The first-order chi connectivity index (χ1) is 24.7. The number of pyridine rings is 1. The molecule has 0 spiro atoms. The number of hydrogen-bond acceptors (Lipinski definition) is 9. The number of nitrogens with zero attached hydrogens (tertiary/aromatic N) is 5. The molecule has 7 rings (SSSR count). The summed E-state index contributed by atoms with van der Waals surface area (Å²) in [5, 5.41) is 17.7. The number of aromatic nitrogens is 3. The fraction of sp³-hybridized carbons (Fsp3) is 0.462. The molecular formula is C39H46N6O6. The number of hydrogen-bond donors (Lipinski definition) is 2. The largest absolute Gasteiger partial charge is 0.490 e. The molecule has 1 aliphatic carbocycles. The van der Waals surface area contributed by atoms with Crippen molar-refractivity contribution in [3.63, 3.8) is 0 Å². The summed E-state index contributed by atoms with van der Waals surface area (Å²) in [4.78, 5) is 44.9. The summed E-state index contributed by atoms with van der Waals surface area (Å²) in [5.74, 6) is -1.13. The van der Waals surface area contributed by atoms with E-state index in [9.17, 15) is 19.5 Å². The molecule has 1 saturated carbocycles. The average Bonchev–Trinajstić information content (AvgIpc) is 3.46. The zero-order chi connectivity index (χ0) is 35.5. The summed E-state index contributed by atoms with van der Waals surface area (Å²) in [6, 6.07) is 15.7. The second-order valence-electron chi connectivity index (χ2n) is 13.9. The van der Waals surface area contributed by atoms with Crippen LogP contribution in [0.15, 0.2) is 54.7 Å². The molecule has 12 heteroatoms. The summed E-state index contributed by atoms with van der Waals surface area (Å²) < 4.78 is 14.6. The standard InChI is InChI=1S/C39H46N6O6/c1-25-29(30-7-4-17-40-37(30)39(48)49)6-3-8-34(25)51-28-12-10-27(11-13-28)50-23-5-18-44-19-21-45(22-20-44)26-9-14-31-33(24-26)43(2)42-36(31)32-15-16-35(46)41-38(32)47/h3-4,6-9,14,17,24,27-28,32H,5,10-13,15-16,18-23H2,1-2H3,(H,48,49)(H,41,46,47). The molecule has 268 valence electrons. The van der Waals surface area contributed by atoms with Crippen LogP contribution in [0, 0.1) is 6.92 Å². The molecule has 3 fully saturated rings. The van der Waals surface area contributed by atoms with Gasteiger partial charge in [-0.2, -0.15) is 5.10 Å². The van der Waals surface area contributed by atoms with Gasteiger partial charge in [-0.3, -0.25) is 24.5 Å². The third-order valence-corrected chi connectivity index (χ3v) is 10.6. The van der Waals surface area contributed by atoms with Gasteiger partial charge in [-0.05, 0) is 86.9 Å². The van der Waals surface area contributed by atoms with Gasteiger partial charge in [0.2, 0.25) is 11.8 Å². The van der Waals surface area contributed by atoms with Crippen molar-refractivity contribution in [2.24, 2.45) is 7.05 Å². The Morgan fingerprint density at radius 3 is 2.49 bits per heavy atom. The van der Waals surface area contributed by atoms with E-state index in [-0.39, 0.29) is 29.7 Å². The van der Waals surface area contributed by atoms with Gasteiger partial charge in [-0.15, -0.1) is 0 Å². The second kappa shape index (κ2) is 15.2. The minimum Gasteiger partial charge on any atom is -0.490 e. The Kier molecular flexibility index (Phi) is 10.3. The molecule has 2 aliphatic heterocycles. The lowest BCUT2D eigenvalue weighted by Crippen LogP contribution is -2.46. The van der Waals surface area contributed by atoms with Gasteiger partial charge in [0.25, 0.3) is 0 Å². The van der Waals surface area contributed by atoms with Crippen molar-refractivity contribution >= 4 is 34.4 Å². The van der Waals surface area contributed by atoms with Crippen molar-refractivity contribution in [1.29, 1.82) is 0 Å². The number of ether oxygens (including phenoxy) is 2. The zero-order valence-electron chi connectivity index (χ0n) is 29.3. The van der Waals surface area contributed by atoms with Crippen LogP contribution in [-0.2, 0) is 21.4 Å². The Morgan fingerprint density at radius 2 is 1.73 bits per heavy atom. The molecule has 2 aromatic carbocycles. The average molecular weight is 695 g/mol. The maximum absolute atomic E-state index is 12.5. The lowest BCUT2D eigenvalue weighted by molar-refractivity contribution is -0.134. The van der Waals surface area contributed by atoms with E-state index in [1.165, 1.54) is 6.20 Å². The van der Waals surface area contributed by atoms with Crippen LogP contribution in [0.1, 0.15) is 72.6 Å². The molecule has 2 amide bonds. The Morgan fingerprint density at radius 1 is 0.961 bits per heavy atom. The van der Waals surface area contributed by atoms with E-state index in [2.05, 4.69) is 43.4 Å². The van der Waals surface area contributed by atoms with Crippen LogP contribution in [0.4, 0.5) is 5.69 Å². The number of aryl methyl sites for hydroxylation is 1. The first kappa shape index (κ1) is 34.6. The highest BCUT2D eigenvalue weighted by molar-refractivity contribution is 6.02. The zero-order valence-corrected chi connectivity index (χ0v) is 29.3. The smallest absolute Gasteiger partial charge is 0.355 e. The quantitative estimate of drug-likeness (QED) is 0.161. The summed E-state index contributed by atoms with van der Waals surface area (Å²) >= 11 is 0. The van der Waals surface area contributed by atoms with Crippen molar-refractivity contribution < 1.29 is 29.0 Å². The van der Waals surface area contributed by atoms with Crippen LogP contribution >= 0.6 is 0 Å². The highest BCUT2D eigenvalue weighted by Crippen LogP contribution is 2.35. The SMILES string of the molecule is Cc1c(OC2CCC(OCCCN3CCN(c4ccc5c(C6CCC(=O)NC6=O)nn(C)c5c4)CC3)CC2)cccc1-c1cccnc1C(=O)O. The lowest BCUT2D eigenvalue weighted by atomic mass is 9.93. The first-order valence-electron chi connectivity index (χ1n) is 18.1. The number of nitrogens with one attached hydrogen (secondary N) is 1. The van der Waals surface area contributed by atoms with Crippen molar-refractivity contribution in [3.05, 3.63) is 71.7 Å². The van der Waals surface area contributed by atoms with Crippen LogP contribution in [0.25, 0.3) is 22.0 Å². The van der Waals surface area contributed by atoms with Gasteiger partial charge in [-0.25, -0.2) is 9.78 Å². The molecule has 51 heavy (non-hydrogen) atoms. The molecule has 12 nitrogen and oxygen atoms in total. The van der Waals surface area contributed by atoms with Gasteiger partial charge < -0.3 is 19.5 Å². The number of benzene rings is 2. The molecule has 3 aliphatic rings. The third kappa shape index (κ3) is 7.62. The molecule has 0 bridgehead atoms. The summed E-state index contributed by atoms with van der Waals surface area (Å²) in [5.41, 5.74) is 5.28. The number of piperazine rings is 1. The maximum atomic E-state index is 12.5. The maximum Gasteiger partial charge on any atom is 0.355 e. The van der Waals surface area contributed by atoms with Crippen molar-refractivity contribution in [2.75, 3.05) is 44.2 Å². The van der Waals surface area contributed by atoms with E-state index in [1.807, 2.05) is 36.9 Å². The summed E-state index contributed by atoms with van der Waals surface area (Å²) in [6.07, 6.45) is 7.46. The minimum atomic E-state index is -1.04. The van der Waals surface area contributed by atoms with Crippen LogP contribution in [0.3, 0.4) is 0 Å². The van der Waals surface area contributed by atoms with E-state index >= 15 is 0 Å². The van der Waals surface area contributed by atoms with Crippen LogP contribution in [0.5, 0.6) is 5.75 Å². The molecule has 1 atom stereocenters. The monoisotopic (exact) mass is 694 g/mol. The highest BCUT2D eigenvalue weighted by atomic mass is 16.5. The number of rotatable bonds is 11. The fourth-order valence-electron chi connectivity index (χ4n) is 7.77. The van der Waals surface area contributed by atoms with Crippen molar-refractivity contribution in [3.8, 4) is 16.9 Å². The predicted molar refractivity (Wildman–Crippen MR) is 193 cm³/mol. The summed E-state index contributed by atoms with van der Waals surface area (Å²) in [6.45, 7) is 7.61. The van der Waals surface area contributed by atoms with Crippen LogP contribution < -0.4 is 15.0 Å². The normalized spacial score (nSPS) is 21.5. The van der Waals surface area contributed by atoms with Crippen molar-refractivity contribution in [2.45, 2.75) is 70.0 Å². The molecule has 2 aromatic heterocycles. The Hall–Kier alpha value is -4.81. The van der Waals surface area contributed by atoms with Gasteiger partial charge in [-0.1, -0.05) is 18.2 Å². The number of carbonyl (C=O) groups excluding carboxylic acids is 2. The molecular weight excluding hydrogens is 648 g/mol. The van der Waals surface area contributed by atoms with Gasteiger partial charge in [0, 0.05) is 75.6 Å². The number of amides is 2. The Balaban J connectivity index is 0.832. The number of imide groups is 1. The number of carboxylic acids is 1. The van der Waals surface area contributed by atoms with E-state index in [0.717, 1.165) is 111 Å². The molecule has 4 aromatic rings. The number of fused-ring (bicyclic) bond motifs is 1. The Bertz CT molecular complexity index is 1910. The van der Waals surface area contributed by atoms with Gasteiger partial charge >= 0.3 is 5.97 Å². The minimum absolute atomic E-state index is 0.0428. The van der Waals surface area contributed by atoms with Crippen LogP contribution in [0.2, 0.25) is 0 Å². The number of aromatic carboxylic acids is 1. The number of carbonyl (C=O) groups is 3. The molecule has 0 radical (unpaired) electrons. The van der Waals surface area contributed by atoms with Gasteiger partial charge in [0.1, 0.15) is 5.75 Å². The Labute approximate surface area is 297 Å². The van der Waals surface area contributed by atoms with E-state index in [0.29, 0.717) is 18.4 Å². The van der Waals surface area contributed by atoms with Crippen LogP contribution in [-0.4, -0.2) is 94.1 Å². The van der Waals surface area contributed by atoms with E-state index < -0.39 is 11.9 Å². The first-order valence-corrected chi connectivity index (χ1v) is 18.1.